The lowest BCUT2D eigenvalue weighted by atomic mass is 10.1. The summed E-state index contributed by atoms with van der Waals surface area (Å²) < 4.78 is 0.981. The maximum absolute atomic E-state index is 11.3. The molecule has 0 fully saturated rings. The van der Waals surface area contributed by atoms with E-state index in [2.05, 4.69) is 44.9 Å². The minimum atomic E-state index is 0.715. The lowest BCUT2D eigenvalue weighted by Crippen LogP contribution is -2.36. The number of nitrogens with zero attached hydrogens (tertiary/aromatic N) is 2. The molecule has 0 radical (unpaired) electrons. The molecule has 0 saturated heterocycles. The summed E-state index contributed by atoms with van der Waals surface area (Å²) >= 11 is 3.49. The number of para-hydroxylation sites is 2. The third-order valence-corrected chi connectivity index (χ3v) is 4.15. The van der Waals surface area contributed by atoms with Gasteiger partial charge in [0.25, 0.3) is 0 Å². The fourth-order valence-electron chi connectivity index (χ4n) is 2.61. The van der Waals surface area contributed by atoms with Crippen LogP contribution < -0.4 is 9.80 Å². The fourth-order valence-corrected chi connectivity index (χ4v) is 2.96. The smallest absolute Gasteiger partial charge is 0.152 e. The van der Waals surface area contributed by atoms with Crippen molar-refractivity contribution < 1.29 is 4.79 Å². The minimum Gasteiger partial charge on any atom is -0.371 e. The number of anilines is 3. The number of fused-ring (bicyclic) bond motifs is 1. The van der Waals surface area contributed by atoms with E-state index in [1.54, 1.807) is 0 Å². The molecule has 0 unspecified atom stereocenters. The van der Waals surface area contributed by atoms with E-state index in [4.69, 9.17) is 0 Å². The monoisotopic (exact) mass is 330 g/mol. The molecular weight excluding hydrogens is 316 g/mol. The van der Waals surface area contributed by atoms with Crippen LogP contribution in [0.5, 0.6) is 0 Å². The van der Waals surface area contributed by atoms with Gasteiger partial charge in [0, 0.05) is 30.2 Å². The summed E-state index contributed by atoms with van der Waals surface area (Å²) in [6, 6.07) is 14.0. The molecule has 1 aliphatic heterocycles. The van der Waals surface area contributed by atoms with Gasteiger partial charge in [-0.15, -0.1) is 0 Å². The maximum atomic E-state index is 11.3. The van der Waals surface area contributed by atoms with Crippen LogP contribution in [0.3, 0.4) is 0 Å². The Morgan fingerprint density at radius 1 is 1.05 bits per heavy atom. The zero-order valence-electron chi connectivity index (χ0n) is 11.2. The summed E-state index contributed by atoms with van der Waals surface area (Å²) in [4.78, 5) is 15.8. The first-order chi connectivity index (χ1) is 9.70. The van der Waals surface area contributed by atoms with E-state index < -0.39 is 0 Å². The van der Waals surface area contributed by atoms with Crippen LogP contribution in [-0.4, -0.2) is 26.4 Å². The lowest BCUT2D eigenvalue weighted by molar-refractivity contribution is 0.112. The van der Waals surface area contributed by atoms with Gasteiger partial charge >= 0.3 is 0 Å². The van der Waals surface area contributed by atoms with Crippen LogP contribution in [0.25, 0.3) is 0 Å². The predicted molar refractivity (Wildman–Crippen MR) is 86.2 cm³/mol. The highest BCUT2D eigenvalue weighted by Crippen LogP contribution is 2.38. The van der Waals surface area contributed by atoms with Crippen molar-refractivity contribution in [3.05, 3.63) is 52.5 Å². The van der Waals surface area contributed by atoms with Crippen molar-refractivity contribution in [1.82, 2.24) is 0 Å². The summed E-state index contributed by atoms with van der Waals surface area (Å²) in [6.45, 7) is 1.80. The molecule has 3 nitrogen and oxygen atoms in total. The van der Waals surface area contributed by atoms with Gasteiger partial charge in [0.2, 0.25) is 0 Å². The van der Waals surface area contributed by atoms with E-state index in [9.17, 15) is 4.79 Å². The van der Waals surface area contributed by atoms with Gasteiger partial charge in [-0.2, -0.15) is 0 Å². The number of hydrogen-bond donors (Lipinski definition) is 0. The highest BCUT2D eigenvalue weighted by Gasteiger charge is 2.22. The summed E-state index contributed by atoms with van der Waals surface area (Å²) in [5, 5.41) is 0. The molecular formula is C16H15BrN2O. The van der Waals surface area contributed by atoms with E-state index in [1.807, 2.05) is 30.3 Å². The van der Waals surface area contributed by atoms with Gasteiger partial charge in [-0.3, -0.25) is 4.79 Å². The number of rotatable bonds is 2. The largest absolute Gasteiger partial charge is 0.371 e. The number of halogens is 1. The average molecular weight is 331 g/mol. The van der Waals surface area contributed by atoms with Crippen molar-refractivity contribution in [3.8, 4) is 0 Å². The Hall–Kier alpha value is -1.81. The summed E-state index contributed by atoms with van der Waals surface area (Å²) in [5.74, 6) is 0. The normalized spacial score (nSPS) is 14.1. The van der Waals surface area contributed by atoms with Gasteiger partial charge in [-0.1, -0.05) is 28.1 Å². The highest BCUT2D eigenvalue weighted by atomic mass is 79.9. The molecule has 0 aromatic heterocycles. The zero-order chi connectivity index (χ0) is 14.1. The molecule has 3 rings (SSSR count). The number of carbonyl (C=O) groups is 1. The quantitative estimate of drug-likeness (QED) is 0.781. The van der Waals surface area contributed by atoms with Crippen LogP contribution in [0.15, 0.2) is 46.9 Å². The first kappa shape index (κ1) is 13.2. The Balaban J connectivity index is 2.14. The van der Waals surface area contributed by atoms with Gasteiger partial charge in [0.1, 0.15) is 0 Å². The van der Waals surface area contributed by atoms with Gasteiger partial charge in [-0.25, -0.2) is 0 Å². The standard InChI is InChI=1S/C16H15BrN2O/c1-18-8-9-19(15-5-3-2-4-14(15)18)16-10-13(17)7-6-12(16)11-20/h2-7,10-11H,8-9H2,1H3. The third-order valence-electron chi connectivity index (χ3n) is 3.65. The second kappa shape index (κ2) is 5.29. The van der Waals surface area contributed by atoms with Crippen molar-refractivity contribution in [1.29, 1.82) is 0 Å². The first-order valence-corrected chi connectivity index (χ1v) is 7.32. The van der Waals surface area contributed by atoms with Gasteiger partial charge < -0.3 is 9.80 Å². The fraction of sp³-hybridized carbons (Fsp3) is 0.188. The minimum absolute atomic E-state index is 0.715. The van der Waals surface area contributed by atoms with Crippen LogP contribution in [0.4, 0.5) is 17.1 Å². The molecule has 0 saturated carbocycles. The van der Waals surface area contributed by atoms with Gasteiger partial charge in [0.05, 0.1) is 17.1 Å². The molecule has 1 aliphatic rings. The molecule has 2 aromatic carbocycles. The average Bonchev–Trinajstić information content (AvgIpc) is 2.48. The molecule has 0 N–H and O–H groups in total. The van der Waals surface area contributed by atoms with E-state index in [0.717, 1.165) is 35.2 Å². The summed E-state index contributed by atoms with van der Waals surface area (Å²) in [6.07, 6.45) is 0.919. The molecule has 2 aromatic rings. The molecule has 0 bridgehead atoms. The number of likely N-dealkylation sites (N-methyl/N-ethyl adjacent to an activating group) is 1. The number of benzene rings is 2. The van der Waals surface area contributed by atoms with E-state index in [0.29, 0.717) is 5.56 Å². The van der Waals surface area contributed by atoms with Crippen LogP contribution >= 0.6 is 15.9 Å². The van der Waals surface area contributed by atoms with E-state index in [1.165, 1.54) is 5.69 Å². The number of hydrogen-bond acceptors (Lipinski definition) is 3. The molecule has 0 atom stereocenters. The van der Waals surface area contributed by atoms with Crippen molar-refractivity contribution >= 4 is 39.3 Å². The maximum Gasteiger partial charge on any atom is 0.152 e. The first-order valence-electron chi connectivity index (χ1n) is 6.53. The summed E-state index contributed by atoms with van der Waals surface area (Å²) in [7, 11) is 2.09. The Kier molecular flexibility index (Phi) is 3.49. The van der Waals surface area contributed by atoms with Crippen LogP contribution in [0.2, 0.25) is 0 Å². The molecule has 1 heterocycles. The molecule has 0 amide bonds. The third kappa shape index (κ3) is 2.20. The Labute approximate surface area is 126 Å². The molecule has 20 heavy (non-hydrogen) atoms. The second-order valence-electron chi connectivity index (χ2n) is 4.88. The van der Waals surface area contributed by atoms with E-state index >= 15 is 0 Å². The molecule has 0 aliphatic carbocycles. The lowest BCUT2D eigenvalue weighted by Gasteiger charge is -2.37. The SMILES string of the molecule is CN1CCN(c2cc(Br)ccc2C=O)c2ccccc21. The highest BCUT2D eigenvalue weighted by molar-refractivity contribution is 9.10. The Morgan fingerprint density at radius 2 is 1.80 bits per heavy atom. The predicted octanol–water partition coefficient (Wildman–Crippen LogP) is 3.85. The van der Waals surface area contributed by atoms with Gasteiger partial charge in [0.15, 0.2) is 6.29 Å². The number of carbonyl (C=O) groups excluding carboxylic acids is 1. The zero-order valence-corrected chi connectivity index (χ0v) is 12.8. The van der Waals surface area contributed by atoms with Crippen molar-refractivity contribution in [2.45, 2.75) is 0 Å². The Bertz CT molecular complexity index is 657. The van der Waals surface area contributed by atoms with Crippen LogP contribution in [0.1, 0.15) is 10.4 Å². The van der Waals surface area contributed by atoms with Crippen LogP contribution in [-0.2, 0) is 0 Å². The molecule has 102 valence electrons. The molecule has 0 spiro atoms. The number of aldehydes is 1. The van der Waals surface area contributed by atoms with Gasteiger partial charge in [-0.05, 0) is 30.3 Å². The van der Waals surface area contributed by atoms with E-state index in [-0.39, 0.29) is 0 Å². The van der Waals surface area contributed by atoms with Crippen molar-refractivity contribution in [3.63, 3.8) is 0 Å². The van der Waals surface area contributed by atoms with Crippen molar-refractivity contribution in [2.24, 2.45) is 0 Å². The molecule has 4 heteroatoms. The topological polar surface area (TPSA) is 23.6 Å². The van der Waals surface area contributed by atoms with Crippen LogP contribution in [0, 0.1) is 0 Å². The second-order valence-corrected chi connectivity index (χ2v) is 5.80. The summed E-state index contributed by atoms with van der Waals surface area (Å²) in [5.41, 5.74) is 4.00. The van der Waals surface area contributed by atoms with Crippen molar-refractivity contribution in [2.75, 3.05) is 29.9 Å². The Morgan fingerprint density at radius 3 is 2.55 bits per heavy atom.